The lowest BCUT2D eigenvalue weighted by Crippen LogP contribution is -2.27. The molecule has 7 nitrogen and oxygen atoms in total. The van der Waals surface area contributed by atoms with Crippen LogP contribution in [-0.4, -0.2) is 31.6 Å². The lowest BCUT2D eigenvalue weighted by molar-refractivity contribution is 0.0696. The third-order valence-corrected chi connectivity index (χ3v) is 4.80. The molecule has 122 valence electrons. The van der Waals surface area contributed by atoms with Crippen LogP contribution >= 0.6 is 0 Å². The van der Waals surface area contributed by atoms with Crippen LogP contribution in [0, 0.1) is 0 Å². The van der Waals surface area contributed by atoms with Gasteiger partial charge in [-0.3, -0.25) is 4.98 Å². The number of nitrogens with one attached hydrogen (secondary N) is 1. The van der Waals surface area contributed by atoms with E-state index in [1.165, 1.54) is 19.2 Å². The van der Waals surface area contributed by atoms with Crippen LogP contribution in [0.2, 0.25) is 0 Å². The molecule has 0 aliphatic carbocycles. The third kappa shape index (κ3) is 3.85. The van der Waals surface area contributed by atoms with Crippen molar-refractivity contribution in [3.05, 3.63) is 53.9 Å². The van der Waals surface area contributed by atoms with Crippen molar-refractivity contribution in [2.24, 2.45) is 0 Å². The summed E-state index contributed by atoms with van der Waals surface area (Å²) in [5.74, 6) is -1.14. The van der Waals surface area contributed by atoms with Gasteiger partial charge in [-0.25, -0.2) is 17.9 Å². The van der Waals surface area contributed by atoms with Gasteiger partial charge in [-0.1, -0.05) is 0 Å². The molecular formula is C15H16N2O5S. The van der Waals surface area contributed by atoms with Crippen LogP contribution < -0.4 is 9.46 Å². The smallest absolute Gasteiger partial charge is 0.335 e. The molecule has 2 N–H and O–H groups in total. The fourth-order valence-corrected chi connectivity index (χ4v) is 3.46. The molecule has 0 fully saturated rings. The molecule has 0 saturated heterocycles. The van der Waals surface area contributed by atoms with E-state index in [0.717, 1.165) is 11.6 Å². The molecular weight excluding hydrogens is 320 g/mol. The molecule has 1 aromatic heterocycles. The summed E-state index contributed by atoms with van der Waals surface area (Å²) in [6.45, 7) is 1.68. The summed E-state index contributed by atoms with van der Waals surface area (Å²) in [5, 5.41) is 9.04. The maximum Gasteiger partial charge on any atom is 0.335 e. The molecule has 1 heterocycles. The van der Waals surface area contributed by atoms with Gasteiger partial charge in [0.1, 0.15) is 10.6 Å². The Morgan fingerprint density at radius 2 is 1.91 bits per heavy atom. The minimum atomic E-state index is -3.97. The second kappa shape index (κ2) is 6.76. The fraction of sp³-hybridized carbons (Fsp3) is 0.200. The molecule has 1 aromatic carbocycles. The van der Waals surface area contributed by atoms with Gasteiger partial charge in [-0.05, 0) is 42.8 Å². The summed E-state index contributed by atoms with van der Waals surface area (Å²) in [7, 11) is -2.64. The third-order valence-electron chi connectivity index (χ3n) is 3.24. The monoisotopic (exact) mass is 336 g/mol. The van der Waals surface area contributed by atoms with Crippen LogP contribution in [0.5, 0.6) is 5.75 Å². The quantitative estimate of drug-likeness (QED) is 0.833. The Labute approximate surface area is 134 Å². The lowest BCUT2D eigenvalue weighted by Gasteiger charge is -2.16. The van der Waals surface area contributed by atoms with E-state index in [1.54, 1.807) is 31.5 Å². The van der Waals surface area contributed by atoms with Gasteiger partial charge in [0.2, 0.25) is 10.0 Å². The Morgan fingerprint density at radius 3 is 2.48 bits per heavy atom. The van der Waals surface area contributed by atoms with Gasteiger partial charge in [0.05, 0.1) is 12.7 Å². The van der Waals surface area contributed by atoms with E-state index < -0.39 is 22.0 Å². The first-order valence-electron chi connectivity index (χ1n) is 6.68. The van der Waals surface area contributed by atoms with Crippen molar-refractivity contribution in [3.8, 4) is 5.75 Å². The molecule has 0 spiro atoms. The average Bonchev–Trinajstić information content (AvgIpc) is 2.54. The number of aromatic carboxylic acids is 1. The van der Waals surface area contributed by atoms with Crippen LogP contribution in [0.4, 0.5) is 0 Å². The normalized spacial score (nSPS) is 12.6. The highest BCUT2D eigenvalue weighted by Crippen LogP contribution is 2.26. The van der Waals surface area contributed by atoms with Gasteiger partial charge in [-0.2, -0.15) is 0 Å². The molecule has 0 saturated carbocycles. The predicted molar refractivity (Wildman–Crippen MR) is 82.9 cm³/mol. The van der Waals surface area contributed by atoms with Crippen LogP contribution in [0.15, 0.2) is 47.6 Å². The Balaban J connectivity index is 2.39. The maximum absolute atomic E-state index is 12.6. The van der Waals surface area contributed by atoms with Crippen molar-refractivity contribution in [1.29, 1.82) is 0 Å². The molecule has 0 amide bonds. The number of hydrogen-bond donors (Lipinski definition) is 2. The number of carboxylic acids is 1. The lowest BCUT2D eigenvalue weighted by atomic mass is 10.1. The van der Waals surface area contributed by atoms with Crippen molar-refractivity contribution >= 4 is 16.0 Å². The summed E-state index contributed by atoms with van der Waals surface area (Å²) >= 11 is 0. The zero-order valence-electron chi connectivity index (χ0n) is 12.6. The average molecular weight is 336 g/mol. The first kappa shape index (κ1) is 16.9. The number of benzene rings is 1. The number of nitrogens with zero attached hydrogens (tertiary/aromatic N) is 1. The first-order valence-corrected chi connectivity index (χ1v) is 8.17. The Morgan fingerprint density at radius 1 is 1.26 bits per heavy atom. The van der Waals surface area contributed by atoms with E-state index in [2.05, 4.69) is 9.71 Å². The molecule has 23 heavy (non-hydrogen) atoms. The van der Waals surface area contributed by atoms with Gasteiger partial charge >= 0.3 is 5.97 Å². The number of hydrogen-bond acceptors (Lipinski definition) is 5. The van der Waals surface area contributed by atoms with Crippen LogP contribution in [0.1, 0.15) is 28.9 Å². The summed E-state index contributed by atoms with van der Waals surface area (Å²) in [6, 6.07) is 6.54. The van der Waals surface area contributed by atoms with Crippen LogP contribution in [0.25, 0.3) is 0 Å². The number of rotatable bonds is 6. The van der Waals surface area contributed by atoms with Crippen molar-refractivity contribution < 1.29 is 23.1 Å². The van der Waals surface area contributed by atoms with E-state index in [0.29, 0.717) is 0 Å². The van der Waals surface area contributed by atoms with Crippen molar-refractivity contribution in [3.63, 3.8) is 0 Å². The van der Waals surface area contributed by atoms with Gasteiger partial charge in [0, 0.05) is 18.4 Å². The molecule has 1 unspecified atom stereocenters. The number of carboxylic acid groups (broad SMARTS) is 1. The second-order valence-corrected chi connectivity index (χ2v) is 6.48. The highest BCUT2D eigenvalue weighted by molar-refractivity contribution is 7.89. The van der Waals surface area contributed by atoms with Gasteiger partial charge in [0.15, 0.2) is 0 Å². The zero-order chi connectivity index (χ0) is 17.0. The topological polar surface area (TPSA) is 106 Å². The number of aromatic nitrogens is 1. The zero-order valence-corrected chi connectivity index (χ0v) is 13.4. The minimum Gasteiger partial charge on any atom is -0.495 e. The van der Waals surface area contributed by atoms with Crippen LogP contribution in [-0.2, 0) is 10.0 Å². The highest BCUT2D eigenvalue weighted by atomic mass is 32.2. The molecule has 0 bridgehead atoms. The van der Waals surface area contributed by atoms with E-state index >= 15 is 0 Å². The van der Waals surface area contributed by atoms with Crippen LogP contribution in [0.3, 0.4) is 0 Å². The van der Waals surface area contributed by atoms with Crippen molar-refractivity contribution in [1.82, 2.24) is 9.71 Å². The minimum absolute atomic E-state index is 0.0735. The summed E-state index contributed by atoms with van der Waals surface area (Å²) in [5.41, 5.74) is 0.597. The highest BCUT2D eigenvalue weighted by Gasteiger charge is 2.24. The molecule has 0 aliphatic rings. The number of methoxy groups -OCH3 is 1. The molecule has 2 aromatic rings. The van der Waals surface area contributed by atoms with E-state index in [-0.39, 0.29) is 16.2 Å². The standard InChI is InChI=1S/C15H16N2O5S/c1-10(11-5-7-16-8-6-11)17-23(20,21)14-9-12(15(18)19)3-4-13(14)22-2/h3-10,17H,1-2H3,(H,18,19). The number of pyridine rings is 1. The molecule has 0 radical (unpaired) electrons. The Kier molecular flexibility index (Phi) is 4.97. The summed E-state index contributed by atoms with van der Waals surface area (Å²) in [6.07, 6.45) is 3.12. The molecule has 0 aliphatic heterocycles. The fourth-order valence-electron chi connectivity index (χ4n) is 2.04. The van der Waals surface area contributed by atoms with E-state index in [4.69, 9.17) is 9.84 Å². The number of sulfonamides is 1. The van der Waals surface area contributed by atoms with E-state index in [9.17, 15) is 13.2 Å². The molecule has 8 heteroatoms. The maximum atomic E-state index is 12.6. The molecule has 2 rings (SSSR count). The predicted octanol–water partition coefficient (Wildman–Crippen LogP) is 1.83. The SMILES string of the molecule is COc1ccc(C(=O)O)cc1S(=O)(=O)NC(C)c1ccncc1. The van der Waals surface area contributed by atoms with Crippen molar-refractivity contribution in [2.45, 2.75) is 17.9 Å². The van der Waals surface area contributed by atoms with E-state index in [1.807, 2.05) is 0 Å². The van der Waals surface area contributed by atoms with Gasteiger partial charge in [0.25, 0.3) is 0 Å². The first-order chi connectivity index (χ1) is 10.8. The van der Waals surface area contributed by atoms with Gasteiger partial charge in [-0.15, -0.1) is 0 Å². The second-order valence-electron chi connectivity index (χ2n) is 4.79. The largest absolute Gasteiger partial charge is 0.495 e. The molecule has 1 atom stereocenters. The Bertz CT molecular complexity index is 806. The summed E-state index contributed by atoms with van der Waals surface area (Å²) < 4.78 is 32.7. The number of ether oxygens (including phenoxy) is 1. The van der Waals surface area contributed by atoms with Gasteiger partial charge < -0.3 is 9.84 Å². The number of carbonyl (C=O) groups is 1. The van der Waals surface area contributed by atoms with Crippen molar-refractivity contribution in [2.75, 3.05) is 7.11 Å². The summed E-state index contributed by atoms with van der Waals surface area (Å²) in [4.78, 5) is 14.7. The Hall–Kier alpha value is -2.45.